The molecular weight excluding hydrogens is 532 g/mol. The summed E-state index contributed by atoms with van der Waals surface area (Å²) in [6, 6.07) is 45.8. The van der Waals surface area contributed by atoms with Crippen molar-refractivity contribution in [3.63, 3.8) is 0 Å². The lowest BCUT2D eigenvalue weighted by atomic mass is 9.91. The Morgan fingerprint density at radius 1 is 0.500 bits per heavy atom. The standard InChI is InChI=1S/C38H20N2OS/c39-21-24-16-15-23(17-28(24)22-40)25-18-26(29-9-5-11-33-31-7-1-3-13-35(31)41-37(29)33)20-27(19-25)30-10-6-12-34-32-8-2-4-14-36(32)42-38(30)34/h1-20H. The van der Waals surface area contributed by atoms with Gasteiger partial charge in [-0.15, -0.1) is 11.3 Å². The predicted molar refractivity (Wildman–Crippen MR) is 172 cm³/mol. The van der Waals surface area contributed by atoms with E-state index in [2.05, 4.69) is 97.1 Å². The van der Waals surface area contributed by atoms with Crippen LogP contribution in [0.15, 0.2) is 126 Å². The second-order valence-corrected chi connectivity index (χ2v) is 11.4. The topological polar surface area (TPSA) is 60.7 Å². The molecule has 0 unspecified atom stereocenters. The minimum absolute atomic E-state index is 0.368. The zero-order valence-electron chi connectivity index (χ0n) is 22.3. The third kappa shape index (κ3) is 3.71. The van der Waals surface area contributed by atoms with E-state index in [4.69, 9.17) is 4.42 Å². The molecule has 2 heterocycles. The van der Waals surface area contributed by atoms with E-state index < -0.39 is 0 Å². The van der Waals surface area contributed by atoms with Gasteiger partial charge in [-0.25, -0.2) is 0 Å². The van der Waals surface area contributed by atoms with Gasteiger partial charge in [0.1, 0.15) is 23.3 Å². The Hall–Kier alpha value is -5.68. The van der Waals surface area contributed by atoms with Gasteiger partial charge in [-0.05, 0) is 70.3 Å². The summed E-state index contributed by atoms with van der Waals surface area (Å²) >= 11 is 1.81. The molecule has 0 saturated heterocycles. The van der Waals surface area contributed by atoms with Crippen molar-refractivity contribution in [3.8, 4) is 45.5 Å². The first-order valence-electron chi connectivity index (χ1n) is 13.6. The van der Waals surface area contributed by atoms with Crippen molar-refractivity contribution < 1.29 is 4.42 Å². The van der Waals surface area contributed by atoms with E-state index in [0.29, 0.717) is 11.1 Å². The second-order valence-electron chi connectivity index (χ2n) is 10.3. The van der Waals surface area contributed by atoms with Crippen molar-refractivity contribution in [2.45, 2.75) is 0 Å². The maximum Gasteiger partial charge on any atom is 0.143 e. The summed E-state index contributed by atoms with van der Waals surface area (Å²) in [5, 5.41) is 23.9. The minimum atomic E-state index is 0.368. The first-order valence-corrected chi connectivity index (χ1v) is 14.4. The van der Waals surface area contributed by atoms with Crippen molar-refractivity contribution in [1.82, 2.24) is 0 Å². The maximum atomic E-state index is 9.75. The molecule has 0 aliphatic rings. The molecule has 0 aliphatic heterocycles. The van der Waals surface area contributed by atoms with Gasteiger partial charge in [0.05, 0.1) is 11.1 Å². The highest BCUT2D eigenvalue weighted by atomic mass is 32.1. The Labute approximate surface area is 245 Å². The van der Waals surface area contributed by atoms with E-state index in [1.165, 1.54) is 20.2 Å². The summed E-state index contributed by atoms with van der Waals surface area (Å²) in [4.78, 5) is 0. The van der Waals surface area contributed by atoms with Gasteiger partial charge in [-0.3, -0.25) is 0 Å². The monoisotopic (exact) mass is 552 g/mol. The average Bonchev–Trinajstić information content (AvgIpc) is 3.63. The third-order valence-corrected chi connectivity index (χ3v) is 9.18. The molecule has 8 rings (SSSR count). The molecule has 0 bridgehead atoms. The fourth-order valence-electron chi connectivity index (χ4n) is 5.97. The van der Waals surface area contributed by atoms with Gasteiger partial charge in [-0.1, -0.05) is 78.9 Å². The van der Waals surface area contributed by atoms with Crippen LogP contribution in [-0.4, -0.2) is 0 Å². The van der Waals surface area contributed by atoms with E-state index in [0.717, 1.165) is 55.3 Å². The number of nitriles is 2. The molecule has 8 aromatic rings. The summed E-state index contributed by atoms with van der Waals surface area (Å²) in [7, 11) is 0. The molecule has 0 atom stereocenters. The van der Waals surface area contributed by atoms with Gasteiger partial charge in [0.15, 0.2) is 0 Å². The Bertz CT molecular complexity index is 2320. The smallest absolute Gasteiger partial charge is 0.143 e. The molecule has 0 spiro atoms. The number of hydrogen-bond donors (Lipinski definition) is 0. The first-order chi connectivity index (χ1) is 20.7. The molecule has 0 aliphatic carbocycles. The molecular formula is C38H20N2OS. The maximum absolute atomic E-state index is 9.75. The van der Waals surface area contributed by atoms with E-state index in [-0.39, 0.29) is 0 Å². The Morgan fingerprint density at radius 2 is 1.17 bits per heavy atom. The lowest BCUT2D eigenvalue weighted by Gasteiger charge is -2.13. The number of hydrogen-bond acceptors (Lipinski definition) is 4. The van der Waals surface area contributed by atoms with Crippen LogP contribution in [0.5, 0.6) is 0 Å². The highest BCUT2D eigenvalue weighted by molar-refractivity contribution is 7.26. The number of furan rings is 1. The molecule has 42 heavy (non-hydrogen) atoms. The third-order valence-electron chi connectivity index (χ3n) is 7.96. The molecule has 2 aromatic heterocycles. The van der Waals surface area contributed by atoms with Crippen LogP contribution < -0.4 is 0 Å². The molecule has 194 valence electrons. The van der Waals surface area contributed by atoms with Gasteiger partial charge >= 0.3 is 0 Å². The normalized spacial score (nSPS) is 11.3. The summed E-state index contributed by atoms with van der Waals surface area (Å²) in [5.74, 6) is 0. The van der Waals surface area contributed by atoms with Gasteiger partial charge in [0, 0.05) is 36.5 Å². The van der Waals surface area contributed by atoms with Crippen LogP contribution in [-0.2, 0) is 0 Å². The SMILES string of the molecule is N#Cc1ccc(-c2cc(-c3cccc4c3oc3ccccc34)cc(-c3cccc4c3sc3ccccc34)c2)cc1C#N. The number of fused-ring (bicyclic) bond motifs is 6. The zero-order chi connectivity index (χ0) is 28.2. The molecule has 0 saturated carbocycles. The average molecular weight is 553 g/mol. The predicted octanol–water partition coefficient (Wildman–Crippen LogP) is 10.7. The highest BCUT2D eigenvalue weighted by Gasteiger charge is 2.17. The molecule has 0 amide bonds. The summed E-state index contributed by atoms with van der Waals surface area (Å²) in [6.07, 6.45) is 0. The van der Waals surface area contributed by atoms with Crippen molar-refractivity contribution in [2.75, 3.05) is 0 Å². The van der Waals surface area contributed by atoms with Gasteiger partial charge in [0.2, 0.25) is 0 Å². The molecule has 3 nitrogen and oxygen atoms in total. The number of nitrogens with zero attached hydrogens (tertiary/aromatic N) is 2. The van der Waals surface area contributed by atoms with Crippen molar-refractivity contribution in [3.05, 3.63) is 132 Å². The highest BCUT2D eigenvalue weighted by Crippen LogP contribution is 2.43. The van der Waals surface area contributed by atoms with Crippen LogP contribution in [0.4, 0.5) is 0 Å². The second kappa shape index (κ2) is 9.46. The number of para-hydroxylation sites is 2. The summed E-state index contributed by atoms with van der Waals surface area (Å²) in [6.45, 7) is 0. The van der Waals surface area contributed by atoms with E-state index in [1.807, 2.05) is 30.3 Å². The molecule has 0 N–H and O–H groups in total. The summed E-state index contributed by atoms with van der Waals surface area (Å²) < 4.78 is 8.92. The fraction of sp³-hybridized carbons (Fsp3) is 0. The number of thiophene rings is 1. The van der Waals surface area contributed by atoms with E-state index in [9.17, 15) is 10.5 Å². The molecule has 4 heteroatoms. The van der Waals surface area contributed by atoms with Crippen molar-refractivity contribution >= 4 is 53.4 Å². The van der Waals surface area contributed by atoms with Gasteiger partial charge in [0.25, 0.3) is 0 Å². The first kappa shape index (κ1) is 24.1. The van der Waals surface area contributed by atoms with Gasteiger partial charge < -0.3 is 4.42 Å². The van der Waals surface area contributed by atoms with Crippen LogP contribution in [0.3, 0.4) is 0 Å². The Morgan fingerprint density at radius 3 is 2.00 bits per heavy atom. The van der Waals surface area contributed by atoms with Crippen LogP contribution in [0.1, 0.15) is 11.1 Å². The van der Waals surface area contributed by atoms with Crippen LogP contribution in [0.2, 0.25) is 0 Å². The fourth-order valence-corrected chi connectivity index (χ4v) is 7.21. The zero-order valence-corrected chi connectivity index (χ0v) is 23.1. The van der Waals surface area contributed by atoms with Crippen LogP contribution >= 0.6 is 11.3 Å². The van der Waals surface area contributed by atoms with Crippen molar-refractivity contribution in [1.29, 1.82) is 10.5 Å². The Balaban J connectivity index is 1.43. The Kier molecular flexibility index (Phi) is 5.44. The van der Waals surface area contributed by atoms with Crippen LogP contribution in [0, 0.1) is 22.7 Å². The molecule has 0 radical (unpaired) electrons. The lowest BCUT2D eigenvalue weighted by Crippen LogP contribution is -1.89. The summed E-state index contributed by atoms with van der Waals surface area (Å²) in [5.41, 5.74) is 8.56. The van der Waals surface area contributed by atoms with Crippen LogP contribution in [0.25, 0.3) is 75.5 Å². The number of rotatable bonds is 3. The van der Waals surface area contributed by atoms with E-state index >= 15 is 0 Å². The molecule has 6 aromatic carbocycles. The number of benzene rings is 6. The van der Waals surface area contributed by atoms with E-state index in [1.54, 1.807) is 17.4 Å². The largest absolute Gasteiger partial charge is 0.455 e. The van der Waals surface area contributed by atoms with Crippen molar-refractivity contribution in [2.24, 2.45) is 0 Å². The minimum Gasteiger partial charge on any atom is -0.455 e. The molecule has 0 fully saturated rings. The van der Waals surface area contributed by atoms with Gasteiger partial charge in [-0.2, -0.15) is 10.5 Å². The lowest BCUT2D eigenvalue weighted by molar-refractivity contribution is 0.670. The quantitative estimate of drug-likeness (QED) is 0.219.